The number of aryl methyl sites for hydroxylation is 1. The van der Waals surface area contributed by atoms with Crippen molar-refractivity contribution >= 4 is 45.9 Å². The number of alkyl halides is 2. The summed E-state index contributed by atoms with van der Waals surface area (Å²) in [6.45, 7) is 2.47. The number of halogens is 2. The van der Waals surface area contributed by atoms with E-state index in [0.717, 1.165) is 56.5 Å². The molecule has 0 spiro atoms. The molecular formula is C36H40F2N10O4. The van der Waals surface area contributed by atoms with Crippen molar-refractivity contribution in [1.82, 2.24) is 38.7 Å². The van der Waals surface area contributed by atoms with Gasteiger partial charge >= 0.3 is 5.69 Å². The van der Waals surface area contributed by atoms with E-state index in [-0.39, 0.29) is 41.7 Å². The molecule has 2 aliphatic heterocycles. The van der Waals surface area contributed by atoms with Crippen LogP contribution in [0.4, 0.5) is 20.3 Å². The molecule has 3 amide bonds. The summed E-state index contributed by atoms with van der Waals surface area (Å²) < 4.78 is 32.8. The molecule has 6 heterocycles. The summed E-state index contributed by atoms with van der Waals surface area (Å²) in [4.78, 5) is 66.9. The van der Waals surface area contributed by atoms with Gasteiger partial charge in [0.05, 0.1) is 22.3 Å². The Balaban J connectivity index is 0.878. The lowest BCUT2D eigenvalue weighted by Gasteiger charge is -2.42. The number of fused-ring (bicyclic) bond motifs is 2. The third-order valence-electron chi connectivity index (χ3n) is 11.1. The Kier molecular flexibility index (Phi) is 8.64. The first-order valence-corrected chi connectivity index (χ1v) is 17.7. The fourth-order valence-corrected chi connectivity index (χ4v) is 8.27. The van der Waals surface area contributed by atoms with Crippen molar-refractivity contribution in [3.63, 3.8) is 0 Å². The number of amides is 3. The predicted molar refractivity (Wildman–Crippen MR) is 189 cm³/mol. The number of para-hydroxylation sites is 1. The Morgan fingerprint density at radius 1 is 1.08 bits per heavy atom. The summed E-state index contributed by atoms with van der Waals surface area (Å²) in [5.74, 6) is -0.537. The molecule has 0 bridgehead atoms. The number of H-pyrrole nitrogens is 1. The molecule has 3 N–H and O–H groups in total. The van der Waals surface area contributed by atoms with Crippen LogP contribution >= 0.6 is 0 Å². The van der Waals surface area contributed by atoms with Crippen LogP contribution in [0.5, 0.6) is 0 Å². The number of rotatable bonds is 9. The van der Waals surface area contributed by atoms with Gasteiger partial charge in [-0.3, -0.25) is 28.8 Å². The second kappa shape index (κ2) is 13.3. The Morgan fingerprint density at radius 2 is 1.87 bits per heavy atom. The lowest BCUT2D eigenvalue weighted by Crippen LogP contribution is -2.46. The van der Waals surface area contributed by atoms with Gasteiger partial charge < -0.3 is 24.5 Å². The molecule has 3 fully saturated rings. The van der Waals surface area contributed by atoms with Crippen molar-refractivity contribution in [2.24, 2.45) is 13.0 Å². The largest absolute Gasteiger partial charge is 0.370 e. The van der Waals surface area contributed by atoms with Crippen LogP contribution in [0.2, 0.25) is 0 Å². The third kappa shape index (κ3) is 5.93. The maximum Gasteiger partial charge on any atom is 0.329 e. The number of anilines is 2. The molecular weight excluding hydrogens is 674 g/mol. The highest BCUT2D eigenvalue weighted by Crippen LogP contribution is 2.43. The van der Waals surface area contributed by atoms with Crippen molar-refractivity contribution in [2.75, 3.05) is 36.9 Å². The first kappa shape index (κ1) is 33.7. The lowest BCUT2D eigenvalue weighted by atomic mass is 9.74. The highest BCUT2D eigenvalue weighted by molar-refractivity contribution is 6.08. The standard InChI is InChI=1S/C36H40F2N10O4/c1-44(19-20-17-21(18-20)31-41-28(30(37)38)32(42-31)43-34(50)23-11-16-47-13-4-12-39-33(23)47)22-9-14-46(15-10-22)24-5-3-6-25-29(24)45(2)36(52)48(25)26-7-8-27(49)40-35(26)51/h3-6,11-13,16,20-22,26,30H,7-10,14-15,17-19H2,1-2H3,(H,41,42)(H,43,50)(H,40,49,51)/t20-,21-,26?. The summed E-state index contributed by atoms with van der Waals surface area (Å²) in [5.41, 5.74) is 2.36. The average Bonchev–Trinajstić information content (AvgIpc) is 3.81. The van der Waals surface area contributed by atoms with Crippen LogP contribution in [0.1, 0.15) is 78.8 Å². The number of benzene rings is 1. The van der Waals surface area contributed by atoms with Gasteiger partial charge in [-0.15, -0.1) is 0 Å². The summed E-state index contributed by atoms with van der Waals surface area (Å²) in [6.07, 6.45) is 6.11. The van der Waals surface area contributed by atoms with Crippen LogP contribution in [-0.2, 0) is 16.6 Å². The van der Waals surface area contributed by atoms with Crippen molar-refractivity contribution in [2.45, 2.75) is 63.0 Å². The molecule has 1 aromatic carbocycles. The Morgan fingerprint density at radius 3 is 2.62 bits per heavy atom. The van der Waals surface area contributed by atoms with E-state index in [2.05, 4.69) is 42.4 Å². The maximum atomic E-state index is 14.0. The summed E-state index contributed by atoms with van der Waals surface area (Å²) >= 11 is 0. The number of imide groups is 1. The molecule has 14 nitrogen and oxygen atoms in total. The second-order valence-corrected chi connectivity index (χ2v) is 14.2. The minimum Gasteiger partial charge on any atom is -0.370 e. The molecule has 2 saturated heterocycles. The van der Waals surface area contributed by atoms with E-state index in [1.54, 1.807) is 46.7 Å². The normalized spacial score (nSPS) is 21.3. The van der Waals surface area contributed by atoms with Crippen LogP contribution in [-0.4, -0.2) is 83.8 Å². The number of hydrogen-bond donors (Lipinski definition) is 3. The molecule has 0 radical (unpaired) electrons. The summed E-state index contributed by atoms with van der Waals surface area (Å²) in [7, 11) is 3.86. The Bertz CT molecular complexity index is 2240. The van der Waals surface area contributed by atoms with Crippen LogP contribution < -0.4 is 21.2 Å². The van der Waals surface area contributed by atoms with Gasteiger partial charge in [-0.2, -0.15) is 0 Å². The number of piperidine rings is 2. The lowest BCUT2D eigenvalue weighted by molar-refractivity contribution is -0.135. The molecule has 5 aromatic rings. The first-order chi connectivity index (χ1) is 25.1. The van der Waals surface area contributed by atoms with Crippen LogP contribution in [0, 0.1) is 5.92 Å². The van der Waals surface area contributed by atoms with E-state index < -0.39 is 30.0 Å². The van der Waals surface area contributed by atoms with E-state index in [1.807, 2.05) is 18.2 Å². The predicted octanol–water partition coefficient (Wildman–Crippen LogP) is 3.97. The van der Waals surface area contributed by atoms with Crippen molar-refractivity contribution in [3.05, 3.63) is 76.5 Å². The average molecular weight is 715 g/mol. The maximum absolute atomic E-state index is 14.0. The zero-order valence-corrected chi connectivity index (χ0v) is 28.9. The van der Waals surface area contributed by atoms with Gasteiger partial charge in [-0.05, 0) is 69.3 Å². The van der Waals surface area contributed by atoms with Gasteiger partial charge in [-0.25, -0.2) is 23.5 Å². The van der Waals surface area contributed by atoms with E-state index in [1.165, 1.54) is 4.57 Å². The quantitative estimate of drug-likeness (QED) is 0.194. The fourth-order valence-electron chi connectivity index (χ4n) is 8.27. The zero-order valence-electron chi connectivity index (χ0n) is 28.9. The number of carbonyl (C=O) groups is 3. The molecule has 8 rings (SSSR count). The number of aromatic amines is 1. The van der Waals surface area contributed by atoms with Crippen molar-refractivity contribution < 1.29 is 23.2 Å². The van der Waals surface area contributed by atoms with Crippen LogP contribution in [0.3, 0.4) is 0 Å². The third-order valence-corrected chi connectivity index (χ3v) is 11.1. The molecule has 1 unspecified atom stereocenters. The van der Waals surface area contributed by atoms with Crippen LogP contribution in [0.25, 0.3) is 16.7 Å². The number of nitrogens with zero attached hydrogens (tertiary/aromatic N) is 7. The Hall–Kier alpha value is -5.38. The fraction of sp³-hybridized carbons (Fsp3) is 0.444. The van der Waals surface area contributed by atoms with Gasteiger partial charge in [0.15, 0.2) is 0 Å². The highest BCUT2D eigenvalue weighted by atomic mass is 19.3. The molecule has 1 aliphatic carbocycles. The van der Waals surface area contributed by atoms with Gasteiger partial charge in [0.25, 0.3) is 12.3 Å². The number of imidazole rings is 2. The highest BCUT2D eigenvalue weighted by Gasteiger charge is 2.37. The Labute approximate surface area is 296 Å². The van der Waals surface area contributed by atoms with Crippen molar-refractivity contribution in [3.8, 4) is 0 Å². The number of aromatic nitrogens is 6. The molecule has 3 aliphatic rings. The SMILES string of the molecule is CN(C[C@H]1C[C@H](c2nc(C(F)F)c(NC(=O)c3ccn4cccnc34)[nH]2)C1)C1CCN(c2cccc3c2n(C)c(=O)n3C2CCC(=O)NC2=O)CC1. The smallest absolute Gasteiger partial charge is 0.329 e. The van der Waals surface area contributed by atoms with Gasteiger partial charge in [0.1, 0.15) is 29.0 Å². The molecule has 4 aromatic heterocycles. The van der Waals surface area contributed by atoms with Gasteiger partial charge in [-0.1, -0.05) is 6.07 Å². The summed E-state index contributed by atoms with van der Waals surface area (Å²) in [5, 5.41) is 4.97. The van der Waals surface area contributed by atoms with Gasteiger partial charge in [0, 0.05) is 63.7 Å². The minimum atomic E-state index is -2.85. The monoisotopic (exact) mass is 714 g/mol. The number of nitrogens with one attached hydrogen (secondary N) is 3. The van der Waals surface area contributed by atoms with E-state index in [0.29, 0.717) is 28.9 Å². The zero-order chi connectivity index (χ0) is 36.3. The number of hydrogen-bond acceptors (Lipinski definition) is 8. The summed E-state index contributed by atoms with van der Waals surface area (Å²) in [6, 6.07) is 8.74. The molecule has 52 heavy (non-hydrogen) atoms. The first-order valence-electron chi connectivity index (χ1n) is 17.7. The van der Waals surface area contributed by atoms with Crippen LogP contribution in [0.15, 0.2) is 53.7 Å². The topological polar surface area (TPSA) is 155 Å². The van der Waals surface area contributed by atoms with E-state index >= 15 is 0 Å². The van der Waals surface area contributed by atoms with E-state index in [9.17, 15) is 28.0 Å². The number of carbonyl (C=O) groups excluding carboxylic acids is 3. The second-order valence-electron chi connectivity index (χ2n) is 14.2. The molecule has 16 heteroatoms. The molecule has 1 atom stereocenters. The van der Waals surface area contributed by atoms with Gasteiger partial charge in [0.2, 0.25) is 11.8 Å². The minimum absolute atomic E-state index is 0.00000769. The van der Waals surface area contributed by atoms with E-state index in [4.69, 9.17) is 0 Å². The molecule has 1 saturated carbocycles. The van der Waals surface area contributed by atoms with Crippen molar-refractivity contribution in [1.29, 1.82) is 0 Å². The molecule has 272 valence electrons.